The summed E-state index contributed by atoms with van der Waals surface area (Å²) in [5.41, 5.74) is 9.73. The van der Waals surface area contributed by atoms with Crippen LogP contribution >= 0.6 is 0 Å². The minimum absolute atomic E-state index is 0.000898. The van der Waals surface area contributed by atoms with Gasteiger partial charge < -0.3 is 10.5 Å². The van der Waals surface area contributed by atoms with Crippen LogP contribution in [0.1, 0.15) is 30.2 Å². The van der Waals surface area contributed by atoms with E-state index in [9.17, 15) is 4.79 Å². The number of methoxy groups -OCH3 is 1. The quantitative estimate of drug-likeness (QED) is 0.947. The molecular weight excluding hydrogens is 276 g/mol. The lowest BCUT2D eigenvalue weighted by Crippen LogP contribution is -2.30. The largest absolute Gasteiger partial charge is 0.497 e. The Bertz CT molecular complexity index is 732. The van der Waals surface area contributed by atoms with Crippen LogP contribution in [0.25, 0.3) is 5.69 Å². The number of pyridine rings is 1. The standard InChI is InChI=1S/C18H22N2O2/c1-12-3-8-17-13(9-12)10-14(11-19)18(21)20(17)15-4-6-16(22-2)7-5-15/h4-7,10,12H,3,8-9,11,19H2,1-2H3. The van der Waals surface area contributed by atoms with E-state index < -0.39 is 0 Å². The highest BCUT2D eigenvalue weighted by atomic mass is 16.5. The predicted molar refractivity (Wildman–Crippen MR) is 87.7 cm³/mol. The van der Waals surface area contributed by atoms with E-state index in [2.05, 4.69) is 6.92 Å². The van der Waals surface area contributed by atoms with Crippen molar-refractivity contribution in [1.82, 2.24) is 4.57 Å². The van der Waals surface area contributed by atoms with Crippen LogP contribution in [0.15, 0.2) is 35.1 Å². The van der Waals surface area contributed by atoms with Crippen LogP contribution in [0.5, 0.6) is 5.75 Å². The second-order valence-corrected chi connectivity index (χ2v) is 6.03. The van der Waals surface area contributed by atoms with E-state index in [4.69, 9.17) is 10.5 Å². The Morgan fingerprint density at radius 3 is 2.68 bits per heavy atom. The number of benzene rings is 1. The minimum atomic E-state index is 0.000898. The monoisotopic (exact) mass is 298 g/mol. The molecule has 1 atom stereocenters. The van der Waals surface area contributed by atoms with Crippen molar-refractivity contribution in [2.75, 3.05) is 7.11 Å². The molecule has 2 N–H and O–H groups in total. The molecule has 22 heavy (non-hydrogen) atoms. The fourth-order valence-electron chi connectivity index (χ4n) is 3.23. The molecule has 1 aliphatic rings. The van der Waals surface area contributed by atoms with E-state index in [1.807, 2.05) is 34.9 Å². The molecule has 3 rings (SSSR count). The molecule has 0 amide bonds. The van der Waals surface area contributed by atoms with Crippen molar-refractivity contribution in [1.29, 1.82) is 0 Å². The Kier molecular flexibility index (Phi) is 4.03. The third kappa shape index (κ3) is 2.55. The van der Waals surface area contributed by atoms with Gasteiger partial charge in [0.1, 0.15) is 5.75 Å². The molecule has 0 saturated heterocycles. The highest BCUT2D eigenvalue weighted by molar-refractivity contribution is 5.42. The summed E-state index contributed by atoms with van der Waals surface area (Å²) < 4.78 is 7.04. The first kappa shape index (κ1) is 14.9. The van der Waals surface area contributed by atoms with Gasteiger partial charge in [-0.05, 0) is 61.1 Å². The van der Waals surface area contributed by atoms with E-state index >= 15 is 0 Å². The zero-order valence-electron chi connectivity index (χ0n) is 13.1. The molecule has 0 fully saturated rings. The molecule has 0 radical (unpaired) electrons. The van der Waals surface area contributed by atoms with Gasteiger partial charge in [-0.3, -0.25) is 9.36 Å². The molecule has 0 saturated carbocycles. The fourth-order valence-corrected chi connectivity index (χ4v) is 3.23. The molecule has 1 aromatic carbocycles. The van der Waals surface area contributed by atoms with Gasteiger partial charge in [0.05, 0.1) is 7.11 Å². The fraction of sp³-hybridized carbons (Fsp3) is 0.389. The minimum Gasteiger partial charge on any atom is -0.497 e. The summed E-state index contributed by atoms with van der Waals surface area (Å²) >= 11 is 0. The lowest BCUT2D eigenvalue weighted by molar-refractivity contribution is 0.414. The predicted octanol–water partition coefficient (Wildman–Crippen LogP) is 2.43. The summed E-state index contributed by atoms with van der Waals surface area (Å²) in [7, 11) is 1.64. The Morgan fingerprint density at radius 2 is 2.05 bits per heavy atom. The van der Waals surface area contributed by atoms with E-state index in [0.717, 1.165) is 36.4 Å². The van der Waals surface area contributed by atoms with Gasteiger partial charge in [0, 0.05) is 23.5 Å². The number of aromatic nitrogens is 1. The van der Waals surface area contributed by atoms with Gasteiger partial charge in [-0.2, -0.15) is 0 Å². The van der Waals surface area contributed by atoms with Crippen molar-refractivity contribution in [2.24, 2.45) is 11.7 Å². The maximum absolute atomic E-state index is 12.8. The van der Waals surface area contributed by atoms with Gasteiger partial charge in [0.2, 0.25) is 0 Å². The third-order valence-electron chi connectivity index (χ3n) is 4.46. The average Bonchev–Trinajstić information content (AvgIpc) is 2.54. The average molecular weight is 298 g/mol. The molecule has 0 bridgehead atoms. The van der Waals surface area contributed by atoms with Crippen LogP contribution in [-0.2, 0) is 19.4 Å². The molecular formula is C18H22N2O2. The summed E-state index contributed by atoms with van der Waals surface area (Å²) in [6.07, 6.45) is 3.06. The molecule has 1 heterocycles. The van der Waals surface area contributed by atoms with Gasteiger partial charge in [0.25, 0.3) is 5.56 Å². The van der Waals surface area contributed by atoms with Crippen LogP contribution in [0.3, 0.4) is 0 Å². The Hall–Kier alpha value is -2.07. The molecule has 4 heteroatoms. The molecule has 0 aliphatic heterocycles. The molecule has 116 valence electrons. The molecule has 4 nitrogen and oxygen atoms in total. The number of hydrogen-bond acceptors (Lipinski definition) is 3. The Labute approximate surface area is 130 Å². The summed E-state index contributed by atoms with van der Waals surface area (Å²) in [6, 6.07) is 9.63. The van der Waals surface area contributed by atoms with Gasteiger partial charge >= 0.3 is 0 Å². The second-order valence-electron chi connectivity index (χ2n) is 6.03. The van der Waals surface area contributed by atoms with Crippen LogP contribution in [0.4, 0.5) is 0 Å². The normalized spacial score (nSPS) is 17.1. The molecule has 0 spiro atoms. The topological polar surface area (TPSA) is 57.2 Å². The maximum atomic E-state index is 12.8. The van der Waals surface area contributed by atoms with E-state index in [-0.39, 0.29) is 12.1 Å². The number of nitrogens with zero attached hydrogens (tertiary/aromatic N) is 1. The van der Waals surface area contributed by atoms with Crippen molar-refractivity contribution in [2.45, 2.75) is 32.7 Å². The van der Waals surface area contributed by atoms with Crippen molar-refractivity contribution in [3.05, 3.63) is 57.5 Å². The maximum Gasteiger partial charge on any atom is 0.259 e. The summed E-state index contributed by atoms with van der Waals surface area (Å²) in [4.78, 5) is 12.8. The zero-order valence-corrected chi connectivity index (χ0v) is 13.1. The van der Waals surface area contributed by atoms with Crippen LogP contribution in [0.2, 0.25) is 0 Å². The van der Waals surface area contributed by atoms with Gasteiger partial charge in [0.15, 0.2) is 0 Å². The molecule has 2 aromatic rings. The first-order chi connectivity index (χ1) is 10.6. The Balaban J connectivity index is 2.20. The Morgan fingerprint density at radius 1 is 1.32 bits per heavy atom. The number of nitrogens with two attached hydrogens (primary N) is 1. The van der Waals surface area contributed by atoms with Gasteiger partial charge in [-0.1, -0.05) is 6.92 Å². The highest BCUT2D eigenvalue weighted by Gasteiger charge is 2.21. The molecule has 1 unspecified atom stereocenters. The molecule has 1 aliphatic carbocycles. The molecule has 1 aromatic heterocycles. The number of rotatable bonds is 3. The number of ether oxygens (including phenoxy) is 1. The lowest BCUT2D eigenvalue weighted by Gasteiger charge is -2.26. The van der Waals surface area contributed by atoms with Gasteiger partial charge in [-0.15, -0.1) is 0 Å². The third-order valence-corrected chi connectivity index (χ3v) is 4.46. The van der Waals surface area contributed by atoms with E-state index in [0.29, 0.717) is 11.5 Å². The van der Waals surface area contributed by atoms with Crippen molar-refractivity contribution in [3.63, 3.8) is 0 Å². The van der Waals surface area contributed by atoms with Crippen molar-refractivity contribution < 1.29 is 4.74 Å². The summed E-state index contributed by atoms with van der Waals surface area (Å²) in [6.45, 7) is 2.53. The smallest absolute Gasteiger partial charge is 0.259 e. The van der Waals surface area contributed by atoms with Gasteiger partial charge in [-0.25, -0.2) is 0 Å². The number of hydrogen-bond donors (Lipinski definition) is 1. The first-order valence-electron chi connectivity index (χ1n) is 7.75. The van der Waals surface area contributed by atoms with Crippen LogP contribution in [0, 0.1) is 5.92 Å². The highest BCUT2D eigenvalue weighted by Crippen LogP contribution is 2.27. The first-order valence-corrected chi connectivity index (χ1v) is 7.75. The van der Waals surface area contributed by atoms with Crippen LogP contribution in [-0.4, -0.2) is 11.7 Å². The van der Waals surface area contributed by atoms with Crippen molar-refractivity contribution >= 4 is 0 Å². The van der Waals surface area contributed by atoms with Crippen molar-refractivity contribution in [3.8, 4) is 11.4 Å². The van der Waals surface area contributed by atoms with E-state index in [1.54, 1.807) is 7.11 Å². The summed E-state index contributed by atoms with van der Waals surface area (Å²) in [5.74, 6) is 1.44. The second kappa shape index (κ2) is 5.97. The van der Waals surface area contributed by atoms with Crippen LogP contribution < -0.4 is 16.0 Å². The zero-order chi connectivity index (χ0) is 15.7. The lowest BCUT2D eigenvalue weighted by atomic mass is 9.87. The number of fused-ring (bicyclic) bond motifs is 1. The summed E-state index contributed by atoms with van der Waals surface area (Å²) in [5, 5.41) is 0. The van der Waals surface area contributed by atoms with E-state index in [1.165, 1.54) is 5.56 Å². The SMILES string of the molecule is COc1ccc(-n2c3c(cc(CN)c2=O)CC(C)CC3)cc1.